The summed E-state index contributed by atoms with van der Waals surface area (Å²) in [6.45, 7) is 8.22. The van der Waals surface area contributed by atoms with Crippen molar-refractivity contribution in [2.24, 2.45) is 0 Å². The van der Waals surface area contributed by atoms with Gasteiger partial charge in [-0.3, -0.25) is 14.6 Å². The van der Waals surface area contributed by atoms with Crippen LogP contribution in [0.2, 0.25) is 0 Å². The van der Waals surface area contributed by atoms with Crippen LogP contribution in [-0.2, 0) is 24.4 Å². The summed E-state index contributed by atoms with van der Waals surface area (Å²) in [6, 6.07) is 23.6. The van der Waals surface area contributed by atoms with Crippen LogP contribution in [0.3, 0.4) is 0 Å². The molecule has 1 aliphatic rings. The van der Waals surface area contributed by atoms with E-state index >= 15 is 0 Å². The molecule has 0 saturated heterocycles. The molecule has 1 aliphatic heterocycles. The smallest absolute Gasteiger partial charge is 0.290 e. The molecule has 5 rings (SSSR count). The third-order valence-electron chi connectivity index (χ3n) is 7.88. The molecule has 1 aromatic heterocycles. The molecular formula is C36H41N3O4. The standard InChI is InChI=1S/C35H39N3O2.CH2O2/c1-4-26-17-30-22-38-24(2)11-8-9-16-37-35(39)31-18-29(20-36-21-31)33(30)19-34(26)40-23-28-14-10-15-32(25(28)3)27-12-6-5-7-13-27;2-1-3/h5-7,10,12-15,17-21,24,38H,4,8-9,11,16,22-23H2,1-3H3,(H,37,39);1H,(H,2,3). The first-order valence-corrected chi connectivity index (χ1v) is 14.9. The van der Waals surface area contributed by atoms with Gasteiger partial charge in [0.25, 0.3) is 12.4 Å². The van der Waals surface area contributed by atoms with Crippen molar-refractivity contribution in [3.8, 4) is 28.0 Å². The third kappa shape index (κ3) is 8.30. The Balaban J connectivity index is 0.00000135. The maximum atomic E-state index is 12.8. The summed E-state index contributed by atoms with van der Waals surface area (Å²) < 4.78 is 6.56. The predicted molar refractivity (Wildman–Crippen MR) is 171 cm³/mol. The van der Waals surface area contributed by atoms with Crippen LogP contribution in [0.4, 0.5) is 0 Å². The molecular weight excluding hydrogens is 538 g/mol. The van der Waals surface area contributed by atoms with Crippen LogP contribution in [0.5, 0.6) is 5.75 Å². The lowest BCUT2D eigenvalue weighted by Crippen LogP contribution is -2.27. The summed E-state index contributed by atoms with van der Waals surface area (Å²) >= 11 is 0. The van der Waals surface area contributed by atoms with Crippen molar-refractivity contribution in [1.82, 2.24) is 15.6 Å². The molecule has 0 aliphatic carbocycles. The van der Waals surface area contributed by atoms with Crippen molar-refractivity contribution < 1.29 is 19.4 Å². The molecule has 1 unspecified atom stereocenters. The molecule has 0 radical (unpaired) electrons. The van der Waals surface area contributed by atoms with Crippen LogP contribution < -0.4 is 15.4 Å². The summed E-state index contributed by atoms with van der Waals surface area (Å²) in [5.74, 6) is 0.796. The minimum absolute atomic E-state index is 0.0745. The Labute approximate surface area is 254 Å². The van der Waals surface area contributed by atoms with E-state index in [1.165, 1.54) is 33.4 Å². The average Bonchev–Trinajstić information content (AvgIpc) is 3.03. The second-order valence-corrected chi connectivity index (χ2v) is 10.8. The number of pyridine rings is 1. The molecule has 4 aromatic rings. The Bertz CT molecular complexity index is 1520. The summed E-state index contributed by atoms with van der Waals surface area (Å²) in [5, 5.41) is 13.7. The summed E-state index contributed by atoms with van der Waals surface area (Å²) in [6.07, 6.45) is 7.45. The first kappa shape index (κ1) is 31.4. The highest BCUT2D eigenvalue weighted by atomic mass is 16.5. The van der Waals surface area contributed by atoms with Gasteiger partial charge in [0.15, 0.2) is 0 Å². The highest BCUT2D eigenvalue weighted by Gasteiger charge is 2.17. The zero-order valence-electron chi connectivity index (χ0n) is 25.2. The fraction of sp³-hybridized carbons (Fsp3) is 0.306. The maximum absolute atomic E-state index is 12.8. The number of aryl methyl sites for hydroxylation is 1. The number of rotatable bonds is 5. The van der Waals surface area contributed by atoms with E-state index < -0.39 is 0 Å². The molecule has 7 nitrogen and oxygen atoms in total. The molecule has 3 N–H and O–H groups in total. The Kier molecular flexibility index (Phi) is 11.5. The number of benzene rings is 3. The quantitative estimate of drug-likeness (QED) is 0.221. The number of carbonyl (C=O) groups is 2. The van der Waals surface area contributed by atoms with Gasteiger partial charge < -0.3 is 20.5 Å². The van der Waals surface area contributed by atoms with E-state index in [-0.39, 0.29) is 12.4 Å². The van der Waals surface area contributed by atoms with E-state index in [4.69, 9.17) is 14.6 Å². The van der Waals surface area contributed by atoms with Gasteiger partial charge in [0.2, 0.25) is 0 Å². The summed E-state index contributed by atoms with van der Waals surface area (Å²) in [7, 11) is 0. The van der Waals surface area contributed by atoms with Crippen LogP contribution in [0, 0.1) is 6.92 Å². The fourth-order valence-corrected chi connectivity index (χ4v) is 5.40. The zero-order valence-corrected chi connectivity index (χ0v) is 25.2. The van der Waals surface area contributed by atoms with Crippen molar-refractivity contribution in [3.05, 3.63) is 107 Å². The molecule has 2 heterocycles. The molecule has 43 heavy (non-hydrogen) atoms. The Morgan fingerprint density at radius 2 is 1.72 bits per heavy atom. The lowest BCUT2D eigenvalue weighted by Gasteiger charge is -2.20. The number of ether oxygens (including phenoxy) is 1. The first-order chi connectivity index (χ1) is 20.9. The van der Waals surface area contributed by atoms with Crippen molar-refractivity contribution in [1.29, 1.82) is 0 Å². The van der Waals surface area contributed by atoms with Gasteiger partial charge in [-0.25, -0.2) is 0 Å². The minimum atomic E-state index is -0.250. The SMILES string of the molecule is CCc1cc2c(cc1OCc1cccc(-c3ccccc3)c1C)-c1cncc(c1)C(=O)NCCCCC(C)NC2.O=CO. The van der Waals surface area contributed by atoms with Crippen molar-refractivity contribution >= 4 is 12.4 Å². The van der Waals surface area contributed by atoms with Gasteiger partial charge in [0.1, 0.15) is 12.4 Å². The van der Waals surface area contributed by atoms with E-state index in [1.54, 1.807) is 6.20 Å². The molecule has 0 fully saturated rings. The van der Waals surface area contributed by atoms with Crippen LogP contribution in [-0.4, -0.2) is 35.1 Å². The van der Waals surface area contributed by atoms with E-state index in [0.717, 1.165) is 49.1 Å². The van der Waals surface area contributed by atoms with Gasteiger partial charge in [-0.05, 0) is 84.2 Å². The van der Waals surface area contributed by atoms with Crippen LogP contribution in [0.1, 0.15) is 65.7 Å². The number of hydrogen-bond donors (Lipinski definition) is 3. The highest BCUT2D eigenvalue weighted by molar-refractivity contribution is 5.95. The molecule has 0 spiro atoms. The van der Waals surface area contributed by atoms with Gasteiger partial charge in [-0.2, -0.15) is 0 Å². The number of hydrogen-bond acceptors (Lipinski definition) is 5. The van der Waals surface area contributed by atoms with Crippen LogP contribution in [0.25, 0.3) is 22.3 Å². The second kappa shape index (κ2) is 15.7. The number of amides is 1. The molecule has 3 aromatic carbocycles. The van der Waals surface area contributed by atoms with Crippen molar-refractivity contribution in [3.63, 3.8) is 0 Å². The zero-order chi connectivity index (χ0) is 30.6. The lowest BCUT2D eigenvalue weighted by atomic mass is 9.95. The topological polar surface area (TPSA) is 101 Å². The second-order valence-electron chi connectivity index (χ2n) is 10.8. The largest absolute Gasteiger partial charge is 0.489 e. The van der Waals surface area contributed by atoms with Gasteiger partial charge in [0.05, 0.1) is 5.56 Å². The number of nitrogens with zero attached hydrogens (tertiary/aromatic N) is 1. The maximum Gasteiger partial charge on any atom is 0.290 e. The van der Waals surface area contributed by atoms with E-state index in [9.17, 15) is 4.79 Å². The Morgan fingerprint density at radius 1 is 0.953 bits per heavy atom. The normalized spacial score (nSPS) is 15.1. The van der Waals surface area contributed by atoms with Gasteiger partial charge in [0, 0.05) is 37.1 Å². The summed E-state index contributed by atoms with van der Waals surface area (Å²) in [4.78, 5) is 25.6. The number of carbonyl (C=O) groups excluding carboxylic acids is 1. The van der Waals surface area contributed by atoms with Crippen LogP contribution in [0.15, 0.2) is 79.1 Å². The van der Waals surface area contributed by atoms with Gasteiger partial charge in [-0.1, -0.05) is 67.9 Å². The van der Waals surface area contributed by atoms with E-state index in [0.29, 0.717) is 24.8 Å². The lowest BCUT2D eigenvalue weighted by molar-refractivity contribution is -0.122. The van der Waals surface area contributed by atoms with Crippen LogP contribution >= 0.6 is 0 Å². The van der Waals surface area contributed by atoms with Crippen molar-refractivity contribution in [2.45, 2.75) is 65.6 Å². The molecule has 224 valence electrons. The van der Waals surface area contributed by atoms with Gasteiger partial charge in [-0.15, -0.1) is 0 Å². The molecule has 2 bridgehead atoms. The predicted octanol–water partition coefficient (Wildman–Crippen LogP) is 6.96. The highest BCUT2D eigenvalue weighted by Crippen LogP contribution is 2.34. The number of carboxylic acid groups (broad SMARTS) is 1. The summed E-state index contributed by atoms with van der Waals surface area (Å²) in [5.41, 5.74) is 9.73. The van der Waals surface area contributed by atoms with E-state index in [2.05, 4.69) is 91.0 Å². The Hall–Kier alpha value is -4.49. The van der Waals surface area contributed by atoms with Gasteiger partial charge >= 0.3 is 0 Å². The Morgan fingerprint density at radius 3 is 2.49 bits per heavy atom. The molecule has 0 saturated carbocycles. The monoisotopic (exact) mass is 579 g/mol. The fourth-order valence-electron chi connectivity index (χ4n) is 5.40. The number of nitrogens with one attached hydrogen (secondary N) is 2. The number of fused-ring (bicyclic) bond motifs is 4. The minimum Gasteiger partial charge on any atom is -0.489 e. The number of aromatic nitrogens is 1. The molecule has 1 atom stereocenters. The third-order valence-corrected chi connectivity index (χ3v) is 7.88. The molecule has 1 amide bonds. The average molecular weight is 580 g/mol. The van der Waals surface area contributed by atoms with E-state index in [1.807, 2.05) is 18.3 Å². The first-order valence-electron chi connectivity index (χ1n) is 14.9. The molecule has 7 heteroatoms. The van der Waals surface area contributed by atoms with Crippen molar-refractivity contribution in [2.75, 3.05) is 6.54 Å².